The molecule has 4 heteroatoms. The van der Waals surface area contributed by atoms with Crippen molar-refractivity contribution in [3.63, 3.8) is 0 Å². The van der Waals surface area contributed by atoms with Crippen LogP contribution in [0, 0.1) is 17.1 Å². The SMILES string of the molecule is CC(C)(CN)Nc1ccc(F)cc1C#N. The number of hydrogen-bond donors (Lipinski definition) is 2. The molecule has 1 aromatic carbocycles. The van der Waals surface area contributed by atoms with Gasteiger partial charge in [-0.2, -0.15) is 5.26 Å². The Morgan fingerprint density at radius 3 is 2.73 bits per heavy atom. The highest BCUT2D eigenvalue weighted by Gasteiger charge is 2.16. The lowest BCUT2D eigenvalue weighted by atomic mass is 10.0. The molecule has 3 nitrogen and oxygen atoms in total. The molecule has 0 heterocycles. The van der Waals surface area contributed by atoms with Gasteiger partial charge < -0.3 is 11.1 Å². The Morgan fingerprint density at radius 2 is 2.20 bits per heavy atom. The average molecular weight is 207 g/mol. The van der Waals surface area contributed by atoms with Crippen molar-refractivity contribution in [1.82, 2.24) is 0 Å². The van der Waals surface area contributed by atoms with Gasteiger partial charge >= 0.3 is 0 Å². The van der Waals surface area contributed by atoms with E-state index in [4.69, 9.17) is 11.0 Å². The zero-order chi connectivity index (χ0) is 11.5. The van der Waals surface area contributed by atoms with E-state index in [-0.39, 0.29) is 11.1 Å². The topological polar surface area (TPSA) is 61.8 Å². The number of nitrogens with one attached hydrogen (secondary N) is 1. The molecular formula is C11H14FN3. The molecule has 15 heavy (non-hydrogen) atoms. The van der Waals surface area contributed by atoms with Crippen molar-refractivity contribution in [3.8, 4) is 6.07 Å². The predicted molar refractivity (Wildman–Crippen MR) is 57.9 cm³/mol. The van der Waals surface area contributed by atoms with Crippen molar-refractivity contribution in [2.45, 2.75) is 19.4 Å². The molecule has 3 N–H and O–H groups in total. The van der Waals surface area contributed by atoms with Crippen LogP contribution in [0.25, 0.3) is 0 Å². The number of halogens is 1. The molecule has 0 saturated heterocycles. The summed E-state index contributed by atoms with van der Waals surface area (Å²) in [5, 5.41) is 11.9. The van der Waals surface area contributed by atoms with E-state index in [9.17, 15) is 4.39 Å². The lowest BCUT2D eigenvalue weighted by Crippen LogP contribution is -2.39. The lowest BCUT2D eigenvalue weighted by molar-refractivity contribution is 0.579. The quantitative estimate of drug-likeness (QED) is 0.795. The van der Waals surface area contributed by atoms with Crippen molar-refractivity contribution < 1.29 is 4.39 Å². The van der Waals surface area contributed by atoms with Crippen LogP contribution in [-0.4, -0.2) is 12.1 Å². The van der Waals surface area contributed by atoms with Gasteiger partial charge in [0.2, 0.25) is 0 Å². The van der Waals surface area contributed by atoms with Gasteiger partial charge in [-0.05, 0) is 32.0 Å². The first-order chi connectivity index (χ1) is 6.98. The fourth-order valence-electron chi connectivity index (χ4n) is 1.13. The van der Waals surface area contributed by atoms with Crippen molar-refractivity contribution in [2.24, 2.45) is 5.73 Å². The highest BCUT2D eigenvalue weighted by atomic mass is 19.1. The number of hydrogen-bond acceptors (Lipinski definition) is 3. The van der Waals surface area contributed by atoms with Crippen molar-refractivity contribution in [3.05, 3.63) is 29.6 Å². The van der Waals surface area contributed by atoms with Crippen molar-refractivity contribution in [2.75, 3.05) is 11.9 Å². The van der Waals surface area contributed by atoms with Gasteiger partial charge in [0, 0.05) is 12.1 Å². The molecule has 80 valence electrons. The van der Waals surface area contributed by atoms with Gasteiger partial charge in [-0.15, -0.1) is 0 Å². The van der Waals surface area contributed by atoms with E-state index in [0.29, 0.717) is 12.2 Å². The Bertz CT molecular complexity index is 393. The molecule has 0 aliphatic heterocycles. The number of nitrogens with zero attached hydrogens (tertiary/aromatic N) is 1. The van der Waals surface area contributed by atoms with Crippen LogP contribution in [0.4, 0.5) is 10.1 Å². The van der Waals surface area contributed by atoms with Crippen LogP contribution >= 0.6 is 0 Å². The van der Waals surface area contributed by atoms with Crippen LogP contribution in [0.3, 0.4) is 0 Å². The summed E-state index contributed by atoms with van der Waals surface area (Å²) in [4.78, 5) is 0. The Hall–Kier alpha value is -1.60. The predicted octanol–water partition coefficient (Wildman–Crippen LogP) is 1.85. The molecule has 0 atom stereocenters. The summed E-state index contributed by atoms with van der Waals surface area (Å²) >= 11 is 0. The van der Waals surface area contributed by atoms with Crippen LogP contribution in [-0.2, 0) is 0 Å². The molecular weight excluding hydrogens is 193 g/mol. The minimum atomic E-state index is -0.414. The molecule has 1 rings (SSSR count). The van der Waals surface area contributed by atoms with Crippen LogP contribution < -0.4 is 11.1 Å². The molecule has 0 aliphatic rings. The summed E-state index contributed by atoms with van der Waals surface area (Å²) in [5.41, 5.74) is 6.13. The zero-order valence-electron chi connectivity index (χ0n) is 8.84. The van der Waals surface area contributed by atoms with Gasteiger partial charge in [-0.1, -0.05) is 0 Å². The van der Waals surface area contributed by atoms with Crippen LogP contribution in [0.15, 0.2) is 18.2 Å². The molecule has 0 radical (unpaired) electrons. The van der Waals surface area contributed by atoms with Gasteiger partial charge in [0.15, 0.2) is 0 Å². The number of benzene rings is 1. The summed E-state index contributed by atoms with van der Waals surface area (Å²) in [6.07, 6.45) is 0. The van der Waals surface area contributed by atoms with Gasteiger partial charge in [-0.25, -0.2) is 4.39 Å². The second-order valence-corrected chi connectivity index (χ2v) is 4.01. The fourth-order valence-corrected chi connectivity index (χ4v) is 1.13. The first kappa shape index (κ1) is 11.5. The zero-order valence-corrected chi connectivity index (χ0v) is 8.84. The van der Waals surface area contributed by atoms with E-state index < -0.39 is 5.82 Å². The van der Waals surface area contributed by atoms with E-state index >= 15 is 0 Å². The van der Waals surface area contributed by atoms with Gasteiger partial charge in [0.1, 0.15) is 11.9 Å². The minimum absolute atomic E-state index is 0.288. The van der Waals surface area contributed by atoms with Crippen molar-refractivity contribution in [1.29, 1.82) is 5.26 Å². The fraction of sp³-hybridized carbons (Fsp3) is 0.364. The summed E-state index contributed by atoms with van der Waals surface area (Å²) in [5.74, 6) is -0.414. The third kappa shape index (κ3) is 2.93. The number of rotatable bonds is 3. The molecule has 0 saturated carbocycles. The molecule has 0 aliphatic carbocycles. The normalized spacial score (nSPS) is 10.9. The van der Waals surface area contributed by atoms with Crippen molar-refractivity contribution >= 4 is 5.69 Å². The molecule has 1 aromatic rings. The number of anilines is 1. The van der Waals surface area contributed by atoms with Gasteiger partial charge in [0.25, 0.3) is 0 Å². The Kier molecular flexibility index (Phi) is 3.28. The summed E-state index contributed by atoms with van der Waals surface area (Å²) in [6, 6.07) is 6.01. The molecule has 0 bridgehead atoms. The standard InChI is InChI=1S/C11H14FN3/c1-11(2,7-14)15-10-4-3-9(12)5-8(10)6-13/h3-5,15H,7,14H2,1-2H3. The highest BCUT2D eigenvalue weighted by molar-refractivity contribution is 5.58. The van der Waals surface area contributed by atoms with E-state index in [1.165, 1.54) is 12.1 Å². The van der Waals surface area contributed by atoms with Crippen LogP contribution in [0.2, 0.25) is 0 Å². The summed E-state index contributed by atoms with van der Waals surface area (Å²) in [7, 11) is 0. The Labute approximate surface area is 88.7 Å². The van der Waals surface area contributed by atoms with Crippen LogP contribution in [0.5, 0.6) is 0 Å². The smallest absolute Gasteiger partial charge is 0.124 e. The second-order valence-electron chi connectivity index (χ2n) is 4.01. The first-order valence-corrected chi connectivity index (χ1v) is 4.66. The third-order valence-corrected chi connectivity index (χ3v) is 2.09. The lowest BCUT2D eigenvalue weighted by Gasteiger charge is -2.26. The molecule has 0 spiro atoms. The van der Waals surface area contributed by atoms with E-state index in [1.807, 2.05) is 19.9 Å². The molecule has 0 fully saturated rings. The minimum Gasteiger partial charge on any atom is -0.378 e. The van der Waals surface area contributed by atoms with Crippen LogP contribution in [0.1, 0.15) is 19.4 Å². The molecule has 0 amide bonds. The second kappa shape index (κ2) is 4.28. The van der Waals surface area contributed by atoms with E-state index in [2.05, 4.69) is 5.32 Å². The van der Waals surface area contributed by atoms with E-state index in [1.54, 1.807) is 6.07 Å². The largest absolute Gasteiger partial charge is 0.378 e. The Morgan fingerprint density at radius 1 is 1.53 bits per heavy atom. The first-order valence-electron chi connectivity index (χ1n) is 4.66. The van der Waals surface area contributed by atoms with Gasteiger partial charge in [0.05, 0.1) is 11.3 Å². The molecule has 0 aromatic heterocycles. The Balaban J connectivity index is 3.01. The summed E-state index contributed by atoms with van der Waals surface area (Å²) < 4.78 is 12.8. The maximum Gasteiger partial charge on any atom is 0.124 e. The maximum atomic E-state index is 12.8. The number of nitrogens with two attached hydrogens (primary N) is 1. The number of nitriles is 1. The van der Waals surface area contributed by atoms with E-state index in [0.717, 1.165) is 0 Å². The monoisotopic (exact) mass is 207 g/mol. The summed E-state index contributed by atoms with van der Waals surface area (Å²) in [6.45, 7) is 4.25. The maximum absolute atomic E-state index is 12.8. The highest BCUT2D eigenvalue weighted by Crippen LogP contribution is 2.19. The average Bonchev–Trinajstić information content (AvgIpc) is 2.20. The van der Waals surface area contributed by atoms with Gasteiger partial charge in [-0.3, -0.25) is 0 Å². The molecule has 0 unspecified atom stereocenters. The third-order valence-electron chi connectivity index (χ3n) is 2.09.